The molecule has 1 fully saturated rings. The minimum atomic E-state index is -4.81. The van der Waals surface area contributed by atoms with Crippen LogP contribution >= 0.6 is 0 Å². The van der Waals surface area contributed by atoms with Crippen LogP contribution in [0.2, 0.25) is 0 Å². The van der Waals surface area contributed by atoms with Gasteiger partial charge in [-0.3, -0.25) is 4.79 Å². The Bertz CT molecular complexity index is 1580. The molecule has 2 aromatic heterocycles. The lowest BCUT2D eigenvalue weighted by atomic mass is 9.98. The van der Waals surface area contributed by atoms with Gasteiger partial charge in [0.05, 0.1) is 6.10 Å². The summed E-state index contributed by atoms with van der Waals surface area (Å²) in [4.78, 5) is 24.2. The van der Waals surface area contributed by atoms with E-state index in [9.17, 15) is 18.0 Å². The predicted octanol–water partition coefficient (Wildman–Crippen LogP) is 7.27. The predicted molar refractivity (Wildman–Crippen MR) is 149 cm³/mol. The van der Waals surface area contributed by atoms with Gasteiger partial charge < -0.3 is 23.7 Å². The molecule has 0 atom stereocenters. The van der Waals surface area contributed by atoms with Gasteiger partial charge in [-0.15, -0.1) is 13.2 Å². The van der Waals surface area contributed by atoms with Crippen LogP contribution in [0.3, 0.4) is 0 Å². The third-order valence-electron chi connectivity index (χ3n) is 6.71. The van der Waals surface area contributed by atoms with E-state index in [2.05, 4.69) is 19.7 Å². The fourth-order valence-electron chi connectivity index (χ4n) is 4.57. The van der Waals surface area contributed by atoms with Gasteiger partial charge in [0.2, 0.25) is 5.89 Å². The number of benzene rings is 2. The molecular formula is C31H30F3N3O6. The molecule has 12 heteroatoms. The Balaban J connectivity index is 1.44. The van der Waals surface area contributed by atoms with Gasteiger partial charge in [0.1, 0.15) is 17.2 Å². The Morgan fingerprint density at radius 3 is 2.40 bits per heavy atom. The monoisotopic (exact) mass is 597 g/mol. The van der Waals surface area contributed by atoms with E-state index in [-0.39, 0.29) is 36.8 Å². The van der Waals surface area contributed by atoms with E-state index in [1.807, 2.05) is 32.9 Å². The van der Waals surface area contributed by atoms with E-state index in [0.717, 1.165) is 29.5 Å². The van der Waals surface area contributed by atoms with Crippen molar-refractivity contribution >= 4 is 5.97 Å². The smallest absolute Gasteiger partial charge is 0.484 e. The minimum absolute atomic E-state index is 0.0225. The zero-order valence-electron chi connectivity index (χ0n) is 23.8. The van der Waals surface area contributed by atoms with Crippen LogP contribution in [0.25, 0.3) is 22.6 Å². The molecule has 4 aromatic rings. The first-order valence-electron chi connectivity index (χ1n) is 13.8. The first-order chi connectivity index (χ1) is 20.4. The van der Waals surface area contributed by atoms with Crippen LogP contribution in [0.1, 0.15) is 61.6 Å². The van der Waals surface area contributed by atoms with Gasteiger partial charge in [-0.2, -0.15) is 0 Å². The van der Waals surface area contributed by atoms with E-state index >= 15 is 0 Å². The third-order valence-corrected chi connectivity index (χ3v) is 6.71. The normalized spacial score (nSPS) is 13.3. The number of aromatic nitrogens is 3. The SMILES string of the molecule is Cc1cc(OCc2nc(-c3cnc(OC(C)C)nc3)c(-c3ccc(OC(F)(F)F)cc3)o2)c(C2CC2)cc1CCC(=O)O. The van der Waals surface area contributed by atoms with Crippen molar-refractivity contribution in [3.05, 3.63) is 71.4 Å². The topological polar surface area (TPSA) is 117 Å². The van der Waals surface area contributed by atoms with Crippen molar-refractivity contribution in [3.63, 3.8) is 0 Å². The fourth-order valence-corrected chi connectivity index (χ4v) is 4.57. The number of hydrogen-bond acceptors (Lipinski definition) is 8. The Morgan fingerprint density at radius 1 is 1.09 bits per heavy atom. The maximum atomic E-state index is 12.7. The summed E-state index contributed by atoms with van der Waals surface area (Å²) in [6, 6.07) is 9.40. The van der Waals surface area contributed by atoms with Gasteiger partial charge in [0.25, 0.3) is 0 Å². The second-order valence-electron chi connectivity index (χ2n) is 10.6. The largest absolute Gasteiger partial charge is 0.573 e. The fraction of sp³-hybridized carbons (Fsp3) is 0.355. The number of aliphatic carboxylic acids is 1. The maximum Gasteiger partial charge on any atom is 0.573 e. The highest BCUT2D eigenvalue weighted by Gasteiger charge is 2.31. The molecule has 5 rings (SSSR count). The highest BCUT2D eigenvalue weighted by Crippen LogP contribution is 2.45. The number of ether oxygens (including phenoxy) is 3. The molecule has 1 aliphatic carbocycles. The zero-order valence-corrected chi connectivity index (χ0v) is 23.8. The number of nitrogens with zero attached hydrogens (tertiary/aromatic N) is 3. The molecule has 0 bridgehead atoms. The van der Waals surface area contributed by atoms with Crippen molar-refractivity contribution in [2.45, 2.75) is 71.4 Å². The first kappa shape index (κ1) is 29.9. The second kappa shape index (κ2) is 12.3. The number of carbonyl (C=O) groups is 1. The number of alkyl halides is 3. The lowest BCUT2D eigenvalue weighted by Crippen LogP contribution is -2.16. The number of oxazole rings is 1. The summed E-state index contributed by atoms with van der Waals surface area (Å²) in [5, 5.41) is 9.11. The van der Waals surface area contributed by atoms with E-state index in [1.54, 1.807) is 0 Å². The van der Waals surface area contributed by atoms with E-state index in [1.165, 1.54) is 36.7 Å². The van der Waals surface area contributed by atoms with E-state index < -0.39 is 12.3 Å². The van der Waals surface area contributed by atoms with Crippen LogP contribution in [-0.2, 0) is 17.8 Å². The van der Waals surface area contributed by atoms with E-state index in [4.69, 9.17) is 19.0 Å². The summed E-state index contributed by atoms with van der Waals surface area (Å²) in [7, 11) is 0. The molecule has 43 heavy (non-hydrogen) atoms. The summed E-state index contributed by atoms with van der Waals surface area (Å²) in [5.41, 5.74) is 4.27. The summed E-state index contributed by atoms with van der Waals surface area (Å²) in [6.07, 6.45) is 0.654. The number of hydrogen-bond donors (Lipinski definition) is 1. The van der Waals surface area contributed by atoms with Gasteiger partial charge in [-0.1, -0.05) is 6.07 Å². The summed E-state index contributed by atoms with van der Waals surface area (Å²) >= 11 is 0. The molecule has 1 aliphatic rings. The van der Waals surface area contributed by atoms with Crippen LogP contribution in [0.5, 0.6) is 17.5 Å². The number of carboxylic acid groups (broad SMARTS) is 1. The van der Waals surface area contributed by atoms with Gasteiger partial charge >= 0.3 is 18.3 Å². The lowest BCUT2D eigenvalue weighted by Gasteiger charge is -2.14. The Morgan fingerprint density at radius 2 is 1.79 bits per heavy atom. The molecule has 226 valence electrons. The Hall–Kier alpha value is -4.61. The number of carboxylic acids is 1. The van der Waals surface area contributed by atoms with Crippen LogP contribution < -0.4 is 14.2 Å². The molecule has 0 aliphatic heterocycles. The molecular weight excluding hydrogens is 567 g/mol. The van der Waals surface area contributed by atoms with Gasteiger partial charge in [-0.25, -0.2) is 15.0 Å². The van der Waals surface area contributed by atoms with Crippen molar-refractivity contribution in [1.82, 2.24) is 15.0 Å². The highest BCUT2D eigenvalue weighted by atomic mass is 19.4. The third kappa shape index (κ3) is 7.82. The quantitative estimate of drug-likeness (QED) is 0.180. The molecule has 1 saturated carbocycles. The van der Waals surface area contributed by atoms with Crippen molar-refractivity contribution in [1.29, 1.82) is 0 Å². The second-order valence-corrected chi connectivity index (χ2v) is 10.6. The molecule has 0 saturated heterocycles. The van der Waals surface area contributed by atoms with Gasteiger partial charge in [0.15, 0.2) is 12.4 Å². The van der Waals surface area contributed by atoms with Crippen molar-refractivity contribution < 1.29 is 41.7 Å². The molecule has 0 unspecified atom stereocenters. The molecule has 0 radical (unpaired) electrons. The van der Waals surface area contributed by atoms with Crippen LogP contribution in [0, 0.1) is 6.92 Å². The van der Waals surface area contributed by atoms with Gasteiger partial charge in [-0.05, 0) is 93.0 Å². The maximum absolute atomic E-state index is 12.7. The minimum Gasteiger partial charge on any atom is -0.484 e. The molecule has 2 aromatic carbocycles. The number of rotatable bonds is 12. The molecule has 2 heterocycles. The highest BCUT2D eigenvalue weighted by molar-refractivity contribution is 5.76. The van der Waals surface area contributed by atoms with Crippen LogP contribution in [0.4, 0.5) is 13.2 Å². The molecule has 0 amide bonds. The van der Waals surface area contributed by atoms with Crippen LogP contribution in [0.15, 0.2) is 53.2 Å². The van der Waals surface area contributed by atoms with Crippen molar-refractivity contribution in [2.75, 3.05) is 0 Å². The Kier molecular flexibility index (Phi) is 8.56. The van der Waals surface area contributed by atoms with Crippen molar-refractivity contribution in [2.24, 2.45) is 0 Å². The summed E-state index contributed by atoms with van der Waals surface area (Å²) in [5.74, 6) is 0.328. The number of aryl methyl sites for hydroxylation is 2. The standard InChI is InChI=1S/C31H30F3N3O6/c1-17(2)41-30-35-14-22(15-36-30)28-29(20-6-9-23(10-7-20)43-31(32,33)34)42-26(37-28)16-40-25-12-18(3)21(8-11-27(38)39)13-24(25)19-4-5-19/h6-7,9-10,12-15,17,19H,4-5,8,11,16H2,1-3H3,(H,38,39). The summed E-state index contributed by atoms with van der Waals surface area (Å²) in [6.45, 7) is 5.60. The Labute approximate surface area is 245 Å². The zero-order chi connectivity index (χ0) is 30.7. The van der Waals surface area contributed by atoms with Crippen LogP contribution in [-0.4, -0.2) is 38.5 Å². The average molecular weight is 598 g/mol. The average Bonchev–Trinajstić information content (AvgIpc) is 3.69. The lowest BCUT2D eigenvalue weighted by molar-refractivity contribution is -0.274. The van der Waals surface area contributed by atoms with Gasteiger partial charge in [0, 0.05) is 29.9 Å². The van der Waals surface area contributed by atoms with E-state index in [0.29, 0.717) is 40.7 Å². The first-order valence-corrected chi connectivity index (χ1v) is 13.8. The molecule has 1 N–H and O–H groups in total. The number of halogens is 3. The molecule has 9 nitrogen and oxygen atoms in total. The van der Waals surface area contributed by atoms with Crippen molar-refractivity contribution in [3.8, 4) is 40.1 Å². The summed E-state index contributed by atoms with van der Waals surface area (Å²) < 4.78 is 59.8. The molecule has 0 spiro atoms.